The van der Waals surface area contributed by atoms with Crippen molar-refractivity contribution in [3.8, 4) is 11.3 Å². The Balaban J connectivity index is 1.31. The van der Waals surface area contributed by atoms with Crippen LogP contribution in [0.15, 0.2) is 53.6 Å². The first kappa shape index (κ1) is 29.9. The van der Waals surface area contributed by atoms with E-state index in [2.05, 4.69) is 20.3 Å². The molecular weight excluding hydrogens is 599 g/mol. The lowest BCUT2D eigenvalue weighted by Crippen LogP contribution is -2.58. The molecule has 0 saturated carbocycles. The minimum atomic E-state index is -3.90. The van der Waals surface area contributed by atoms with E-state index in [4.69, 9.17) is 16.3 Å². The summed E-state index contributed by atoms with van der Waals surface area (Å²) < 4.78 is 50.9. The van der Waals surface area contributed by atoms with Gasteiger partial charge in [-0.05, 0) is 58.4 Å². The zero-order chi connectivity index (χ0) is 30.8. The van der Waals surface area contributed by atoms with Gasteiger partial charge in [0.1, 0.15) is 23.0 Å². The van der Waals surface area contributed by atoms with E-state index in [-0.39, 0.29) is 46.1 Å². The van der Waals surface area contributed by atoms with Gasteiger partial charge in [-0.3, -0.25) is 0 Å². The Bertz CT molecular complexity index is 1800. The van der Waals surface area contributed by atoms with Gasteiger partial charge in [0, 0.05) is 11.6 Å². The number of anilines is 1. The maximum Gasteiger partial charge on any atom is 0.245 e. The van der Waals surface area contributed by atoms with Crippen LogP contribution in [0.5, 0.6) is 0 Å². The highest BCUT2D eigenvalue weighted by Gasteiger charge is 2.53. The van der Waals surface area contributed by atoms with Crippen molar-refractivity contribution in [2.24, 2.45) is 0 Å². The molecule has 6 rings (SSSR count). The summed E-state index contributed by atoms with van der Waals surface area (Å²) in [7, 11) is -3.90. The maximum atomic E-state index is 15.4. The van der Waals surface area contributed by atoms with E-state index in [1.165, 1.54) is 28.7 Å². The molecule has 14 heteroatoms. The summed E-state index contributed by atoms with van der Waals surface area (Å²) in [6.45, 7) is 7.16. The van der Waals surface area contributed by atoms with Crippen molar-refractivity contribution in [2.75, 3.05) is 11.9 Å². The molecule has 0 spiro atoms. The Morgan fingerprint density at radius 1 is 1.19 bits per heavy atom. The van der Waals surface area contributed by atoms with Crippen LogP contribution in [0.1, 0.15) is 46.0 Å². The molecule has 2 aromatic carbocycles. The summed E-state index contributed by atoms with van der Waals surface area (Å²) in [4.78, 5) is 13.3. The number of hydrogen-bond acceptors (Lipinski definition) is 9. The van der Waals surface area contributed by atoms with Crippen molar-refractivity contribution in [2.45, 2.75) is 75.1 Å². The molecule has 0 aliphatic carbocycles. The number of ether oxygens (including phenoxy) is 1. The fourth-order valence-electron chi connectivity index (χ4n) is 5.86. The number of piperidine rings is 1. The number of nitrogens with one attached hydrogen (secondary N) is 1. The first-order chi connectivity index (χ1) is 20.3. The third-order valence-corrected chi connectivity index (χ3v) is 9.97. The number of nitrogens with zero attached hydrogens (tertiary/aromatic N) is 5. The molecule has 0 unspecified atom stereocenters. The summed E-state index contributed by atoms with van der Waals surface area (Å²) in [6.07, 6.45) is -0.706. The van der Waals surface area contributed by atoms with Crippen molar-refractivity contribution in [1.29, 1.82) is 0 Å². The summed E-state index contributed by atoms with van der Waals surface area (Å²) in [5, 5.41) is 25.2. The maximum absolute atomic E-state index is 15.4. The molecule has 4 aromatic rings. The second-order valence-corrected chi connectivity index (χ2v) is 13.9. The number of benzene rings is 2. The molecule has 2 aromatic heterocycles. The van der Waals surface area contributed by atoms with Crippen LogP contribution in [-0.2, 0) is 20.4 Å². The molecule has 2 aliphatic rings. The summed E-state index contributed by atoms with van der Waals surface area (Å²) in [5.41, 5.74) is -0.0905. The third kappa shape index (κ3) is 5.17. The zero-order valence-electron chi connectivity index (χ0n) is 23.9. The Kier molecular flexibility index (Phi) is 7.47. The Labute approximate surface area is 253 Å². The first-order valence-electron chi connectivity index (χ1n) is 13.9. The summed E-state index contributed by atoms with van der Waals surface area (Å²) in [5.74, 6) is -0.147. The Morgan fingerprint density at radius 2 is 1.91 bits per heavy atom. The van der Waals surface area contributed by atoms with Gasteiger partial charge in [0.15, 0.2) is 12.0 Å². The highest BCUT2D eigenvalue weighted by molar-refractivity contribution is 7.89. The zero-order valence-corrected chi connectivity index (χ0v) is 25.5. The molecule has 2 aliphatic heterocycles. The van der Waals surface area contributed by atoms with E-state index in [0.29, 0.717) is 16.9 Å². The van der Waals surface area contributed by atoms with E-state index in [1.54, 1.807) is 42.7 Å². The minimum absolute atomic E-state index is 0.119. The van der Waals surface area contributed by atoms with Crippen LogP contribution in [0.2, 0.25) is 5.02 Å². The predicted molar refractivity (Wildman–Crippen MR) is 158 cm³/mol. The van der Waals surface area contributed by atoms with E-state index < -0.39 is 45.9 Å². The summed E-state index contributed by atoms with van der Waals surface area (Å²) in [6, 6.07) is 9.75. The standard InChI is InChI=1S/C29H32ClFN6O5S/c1-15(2)36-22-11-16(10-20(31)24(22)34-27(36)29(3,4)39)23-19(30)13-32-28(35-23)33-21-12-17-14-42-26(25(21)38)37(17)43(40,41)18-8-6-5-7-9-18/h5-11,13,15,17,21,25-26,38-39H,12,14H2,1-4H3,(H,32,33,35)/t17-,21+,25-,26-/m0/s1. The van der Waals surface area contributed by atoms with Gasteiger partial charge in [0.2, 0.25) is 16.0 Å². The van der Waals surface area contributed by atoms with Crippen LogP contribution in [0, 0.1) is 5.82 Å². The third-order valence-electron chi connectivity index (χ3n) is 7.76. The smallest absolute Gasteiger partial charge is 0.245 e. The number of rotatable bonds is 7. The van der Waals surface area contributed by atoms with Crippen molar-refractivity contribution in [3.05, 3.63) is 65.3 Å². The Hall–Kier alpha value is -3.20. The average Bonchev–Trinajstić information content (AvgIpc) is 3.53. The first-order valence-corrected chi connectivity index (χ1v) is 15.7. The molecule has 4 heterocycles. The lowest BCUT2D eigenvalue weighted by molar-refractivity contribution is -0.0555. The van der Waals surface area contributed by atoms with Crippen LogP contribution >= 0.6 is 11.6 Å². The molecule has 3 N–H and O–H groups in total. The van der Waals surface area contributed by atoms with Crippen molar-refractivity contribution in [1.82, 2.24) is 23.8 Å². The van der Waals surface area contributed by atoms with Crippen LogP contribution < -0.4 is 5.32 Å². The molecule has 2 bridgehead atoms. The minimum Gasteiger partial charge on any atom is -0.387 e. The second kappa shape index (κ2) is 10.8. The molecule has 4 atom stereocenters. The number of hydrogen-bond donors (Lipinski definition) is 3. The van der Waals surface area contributed by atoms with Gasteiger partial charge in [-0.2, -0.15) is 4.31 Å². The predicted octanol–water partition coefficient (Wildman–Crippen LogP) is 4.06. The van der Waals surface area contributed by atoms with Gasteiger partial charge in [0.25, 0.3) is 0 Å². The van der Waals surface area contributed by atoms with Crippen LogP contribution in [0.4, 0.5) is 10.3 Å². The van der Waals surface area contributed by atoms with Crippen molar-refractivity contribution >= 4 is 38.6 Å². The number of halogens is 2. The number of aliphatic hydroxyl groups is 2. The van der Waals surface area contributed by atoms with Crippen molar-refractivity contribution < 1.29 is 27.8 Å². The van der Waals surface area contributed by atoms with E-state index in [0.717, 1.165) is 0 Å². The highest BCUT2D eigenvalue weighted by Crippen LogP contribution is 2.38. The van der Waals surface area contributed by atoms with Gasteiger partial charge in [-0.25, -0.2) is 27.8 Å². The monoisotopic (exact) mass is 630 g/mol. The van der Waals surface area contributed by atoms with Gasteiger partial charge in [-0.1, -0.05) is 29.8 Å². The fraction of sp³-hybridized carbons (Fsp3) is 0.414. The Morgan fingerprint density at radius 3 is 2.58 bits per heavy atom. The van der Waals surface area contributed by atoms with Gasteiger partial charge < -0.3 is 24.8 Å². The quantitative estimate of drug-likeness (QED) is 0.276. The highest BCUT2D eigenvalue weighted by atomic mass is 35.5. The topological polar surface area (TPSA) is 143 Å². The molecule has 0 amide bonds. The molecule has 2 fully saturated rings. The lowest BCUT2D eigenvalue weighted by atomic mass is 9.98. The molecule has 0 radical (unpaired) electrons. The normalized spacial score (nSPS) is 22.9. The number of aromatic nitrogens is 4. The number of fused-ring (bicyclic) bond motifs is 3. The second-order valence-electron chi connectivity index (χ2n) is 11.7. The largest absolute Gasteiger partial charge is 0.387 e. The summed E-state index contributed by atoms with van der Waals surface area (Å²) >= 11 is 6.49. The molecule has 43 heavy (non-hydrogen) atoms. The van der Waals surface area contributed by atoms with Crippen LogP contribution in [0.25, 0.3) is 22.3 Å². The lowest BCUT2D eigenvalue weighted by Gasteiger charge is -2.39. The molecule has 2 saturated heterocycles. The number of imidazole rings is 1. The van der Waals surface area contributed by atoms with Crippen LogP contribution in [0.3, 0.4) is 0 Å². The van der Waals surface area contributed by atoms with Crippen LogP contribution in [-0.4, -0.2) is 73.5 Å². The van der Waals surface area contributed by atoms with Crippen molar-refractivity contribution in [3.63, 3.8) is 0 Å². The van der Waals surface area contributed by atoms with E-state index in [9.17, 15) is 18.6 Å². The molecule has 228 valence electrons. The van der Waals surface area contributed by atoms with E-state index >= 15 is 4.39 Å². The molecule has 11 nitrogen and oxygen atoms in total. The SMILES string of the molecule is CC(C)n1c(C(C)(C)O)nc2c(F)cc(-c3nc(N[C@@H]4C[C@H]5CO[C@@H]([C@H]4O)N5S(=O)(=O)c4ccccc4)ncc3Cl)cc21. The van der Waals surface area contributed by atoms with E-state index in [1.807, 2.05) is 13.8 Å². The van der Waals surface area contributed by atoms with Gasteiger partial charge >= 0.3 is 0 Å². The fourth-order valence-corrected chi connectivity index (χ4v) is 7.80. The molecular formula is C29H32ClFN6O5S. The van der Waals surface area contributed by atoms with Gasteiger partial charge in [-0.15, -0.1) is 0 Å². The number of aliphatic hydroxyl groups excluding tert-OH is 1. The average molecular weight is 631 g/mol. The number of sulfonamides is 1. The van der Waals surface area contributed by atoms with Gasteiger partial charge in [0.05, 0.1) is 46.0 Å².